The van der Waals surface area contributed by atoms with Crippen molar-refractivity contribution in [3.63, 3.8) is 0 Å². The maximum Gasteiger partial charge on any atom is 0.169 e. The van der Waals surface area contributed by atoms with Gasteiger partial charge in [0.25, 0.3) is 0 Å². The highest BCUT2D eigenvalue weighted by molar-refractivity contribution is 4.86. The zero-order valence-electron chi connectivity index (χ0n) is 35.8. The van der Waals surface area contributed by atoms with Crippen molar-refractivity contribution in [2.24, 2.45) is 0 Å². The Bertz CT molecular complexity index is 735. The molecule has 1 aromatic heterocycles. The Hall–Kier alpha value is -0.850. The fourth-order valence-electron chi connectivity index (χ4n) is 8.72. The van der Waals surface area contributed by atoms with E-state index in [-0.39, 0.29) is 0 Å². The largest absolute Gasteiger partial charge is 0.200 e. The molecule has 51 heavy (non-hydrogen) atoms. The first-order valence-electron chi connectivity index (χ1n) is 24.3. The van der Waals surface area contributed by atoms with Gasteiger partial charge in [-0.25, -0.2) is 0 Å². The van der Waals surface area contributed by atoms with Crippen molar-refractivity contribution in [3.05, 3.63) is 30.6 Å². The SMILES string of the molecule is CCCCCCCCCCCCCCCCCCC(CCCCCCCC)(CCCCCCCCCCCCCCCCCC)[n+]1ccccc1. The van der Waals surface area contributed by atoms with Crippen molar-refractivity contribution in [1.82, 2.24) is 0 Å². The average Bonchev–Trinajstić information content (AvgIpc) is 3.15. The van der Waals surface area contributed by atoms with Crippen molar-refractivity contribution >= 4 is 0 Å². The predicted molar refractivity (Wildman–Crippen MR) is 231 cm³/mol. The first-order chi connectivity index (χ1) is 25.3. The molecule has 0 aliphatic rings. The van der Waals surface area contributed by atoms with Crippen LogP contribution in [-0.4, -0.2) is 0 Å². The molecular weight excluding hydrogens is 615 g/mol. The molecule has 0 fully saturated rings. The zero-order chi connectivity index (χ0) is 36.6. The zero-order valence-corrected chi connectivity index (χ0v) is 35.8. The van der Waals surface area contributed by atoms with Gasteiger partial charge in [0.15, 0.2) is 17.9 Å². The molecule has 0 atom stereocenters. The second-order valence-electron chi connectivity index (χ2n) is 17.1. The second-order valence-corrected chi connectivity index (χ2v) is 17.1. The van der Waals surface area contributed by atoms with Crippen molar-refractivity contribution in [1.29, 1.82) is 0 Å². The van der Waals surface area contributed by atoms with E-state index in [2.05, 4.69) is 55.9 Å². The number of unbranched alkanes of at least 4 members (excludes halogenated alkanes) is 35. The summed E-state index contributed by atoms with van der Waals surface area (Å²) in [5.41, 5.74) is 0.331. The highest BCUT2D eigenvalue weighted by Gasteiger charge is 2.37. The summed E-state index contributed by atoms with van der Waals surface area (Å²) in [5, 5.41) is 0. The van der Waals surface area contributed by atoms with E-state index in [0.717, 1.165) is 0 Å². The minimum absolute atomic E-state index is 0.331. The molecule has 0 N–H and O–H groups in total. The van der Waals surface area contributed by atoms with E-state index in [9.17, 15) is 0 Å². The van der Waals surface area contributed by atoms with Gasteiger partial charge in [0.05, 0.1) is 0 Å². The Morgan fingerprint density at radius 1 is 0.255 bits per heavy atom. The lowest BCUT2D eigenvalue weighted by molar-refractivity contribution is -0.768. The minimum atomic E-state index is 0.331. The standard InChI is InChI=1S/C50H96N/c1-4-7-10-13-16-18-20-22-24-26-28-30-32-34-37-41-46-50(51-48-43-39-44-49-51,45-40-36-15-12-9-6-3)47-42-38-35-33-31-29-27-25-23-21-19-17-14-11-8-5-2/h39,43-44,48-49H,4-38,40-42,45-47H2,1-3H3/q+1. The van der Waals surface area contributed by atoms with Gasteiger partial charge in [0.1, 0.15) is 0 Å². The molecule has 0 aliphatic carbocycles. The number of hydrogen-bond donors (Lipinski definition) is 0. The fourth-order valence-corrected chi connectivity index (χ4v) is 8.72. The molecule has 1 heteroatoms. The molecule has 0 bridgehead atoms. The van der Waals surface area contributed by atoms with E-state index in [1.54, 1.807) is 0 Å². The topological polar surface area (TPSA) is 3.88 Å². The van der Waals surface area contributed by atoms with E-state index in [0.29, 0.717) is 5.54 Å². The van der Waals surface area contributed by atoms with Gasteiger partial charge >= 0.3 is 0 Å². The number of hydrogen-bond acceptors (Lipinski definition) is 0. The number of pyridine rings is 1. The van der Waals surface area contributed by atoms with Gasteiger partial charge in [-0.05, 0) is 19.3 Å². The molecule has 0 saturated heterocycles. The quantitative estimate of drug-likeness (QED) is 0.0470. The molecule has 0 radical (unpaired) electrons. The summed E-state index contributed by atoms with van der Waals surface area (Å²) >= 11 is 0. The van der Waals surface area contributed by atoms with Crippen molar-refractivity contribution in [2.45, 2.75) is 290 Å². The van der Waals surface area contributed by atoms with Gasteiger partial charge < -0.3 is 0 Å². The highest BCUT2D eigenvalue weighted by atomic mass is 15.0. The number of aromatic nitrogens is 1. The van der Waals surface area contributed by atoms with Gasteiger partial charge in [-0.3, -0.25) is 0 Å². The molecule has 0 aliphatic heterocycles. The van der Waals surface area contributed by atoms with E-state index in [1.165, 1.54) is 263 Å². The normalized spacial score (nSPS) is 11.9. The minimum Gasteiger partial charge on any atom is -0.200 e. The molecule has 0 unspecified atom stereocenters. The third-order valence-electron chi connectivity index (χ3n) is 12.3. The molecule has 1 heterocycles. The van der Waals surface area contributed by atoms with Gasteiger partial charge in [0.2, 0.25) is 0 Å². The van der Waals surface area contributed by atoms with Gasteiger partial charge in [-0.1, -0.05) is 252 Å². The Kier molecular flexibility index (Phi) is 36.7. The van der Waals surface area contributed by atoms with Crippen LogP contribution in [0.5, 0.6) is 0 Å². The predicted octanol–water partition coefficient (Wildman–Crippen LogP) is 17.7. The van der Waals surface area contributed by atoms with Crippen LogP contribution >= 0.6 is 0 Å². The van der Waals surface area contributed by atoms with E-state index >= 15 is 0 Å². The summed E-state index contributed by atoms with van der Waals surface area (Å²) in [7, 11) is 0. The highest BCUT2D eigenvalue weighted by Crippen LogP contribution is 2.32. The maximum absolute atomic E-state index is 2.68. The third kappa shape index (κ3) is 30.2. The monoisotopic (exact) mass is 711 g/mol. The lowest BCUT2D eigenvalue weighted by Gasteiger charge is -2.29. The van der Waals surface area contributed by atoms with E-state index < -0.39 is 0 Å². The van der Waals surface area contributed by atoms with Gasteiger partial charge in [0, 0.05) is 31.4 Å². The summed E-state index contributed by atoms with van der Waals surface area (Å²) < 4.78 is 2.68. The third-order valence-corrected chi connectivity index (χ3v) is 12.3. The molecule has 0 saturated carbocycles. The summed E-state index contributed by atoms with van der Waals surface area (Å²) in [6.07, 6.45) is 64.0. The van der Waals surface area contributed by atoms with Crippen LogP contribution in [-0.2, 0) is 5.54 Å². The molecule has 1 nitrogen and oxygen atoms in total. The molecule has 0 spiro atoms. The molecule has 1 aromatic rings. The summed E-state index contributed by atoms with van der Waals surface area (Å²) in [4.78, 5) is 0. The first-order valence-corrected chi connectivity index (χ1v) is 24.3. The summed E-state index contributed by atoms with van der Waals surface area (Å²) in [6, 6.07) is 6.80. The average molecular weight is 711 g/mol. The lowest BCUT2D eigenvalue weighted by Crippen LogP contribution is -2.55. The Morgan fingerprint density at radius 3 is 0.667 bits per heavy atom. The van der Waals surface area contributed by atoms with Gasteiger partial charge in [-0.15, -0.1) is 0 Å². The number of rotatable bonds is 42. The molecule has 300 valence electrons. The maximum atomic E-state index is 2.68. The van der Waals surface area contributed by atoms with Crippen LogP contribution in [0.4, 0.5) is 0 Å². The fraction of sp³-hybridized carbons (Fsp3) is 0.900. The molecule has 0 aromatic carbocycles. The van der Waals surface area contributed by atoms with E-state index in [1.807, 2.05) is 0 Å². The molecule has 1 rings (SSSR count). The molecule has 0 amide bonds. The van der Waals surface area contributed by atoms with Crippen molar-refractivity contribution < 1.29 is 4.57 Å². The van der Waals surface area contributed by atoms with Gasteiger partial charge in [-0.2, -0.15) is 4.57 Å². The van der Waals surface area contributed by atoms with E-state index in [4.69, 9.17) is 0 Å². The van der Waals surface area contributed by atoms with Crippen LogP contribution in [0.15, 0.2) is 30.6 Å². The van der Waals surface area contributed by atoms with Crippen LogP contribution in [0.2, 0.25) is 0 Å². The van der Waals surface area contributed by atoms with Crippen LogP contribution in [0.3, 0.4) is 0 Å². The smallest absolute Gasteiger partial charge is 0.169 e. The first kappa shape index (κ1) is 48.2. The Morgan fingerprint density at radius 2 is 0.451 bits per heavy atom. The van der Waals surface area contributed by atoms with Crippen LogP contribution < -0.4 is 4.57 Å². The summed E-state index contributed by atoms with van der Waals surface area (Å²) in [6.45, 7) is 6.97. The lowest BCUT2D eigenvalue weighted by atomic mass is 9.81. The van der Waals surface area contributed by atoms with Crippen molar-refractivity contribution in [2.75, 3.05) is 0 Å². The Labute approximate surface area is 323 Å². The van der Waals surface area contributed by atoms with Crippen LogP contribution in [0.1, 0.15) is 284 Å². The van der Waals surface area contributed by atoms with Crippen molar-refractivity contribution in [3.8, 4) is 0 Å². The Balaban J connectivity index is 2.35. The second kappa shape index (κ2) is 38.9. The summed E-state index contributed by atoms with van der Waals surface area (Å²) in [5.74, 6) is 0. The number of nitrogens with zero attached hydrogens (tertiary/aromatic N) is 1. The molecular formula is C50H96N+. The van der Waals surface area contributed by atoms with Crippen LogP contribution in [0, 0.1) is 0 Å². The van der Waals surface area contributed by atoms with Crippen LogP contribution in [0.25, 0.3) is 0 Å².